The number of halogens is 2. The number of nitrogens with zero attached hydrogens (tertiary/aromatic N) is 3. The normalized spacial score (nSPS) is 20.8. The second-order valence-electron chi connectivity index (χ2n) is 11.8. The van der Waals surface area contributed by atoms with E-state index in [1.807, 2.05) is 6.08 Å². The van der Waals surface area contributed by atoms with Crippen molar-refractivity contribution in [1.82, 2.24) is 14.5 Å². The molecule has 7 nitrogen and oxygen atoms in total. The molecule has 0 spiro atoms. The molecule has 0 saturated carbocycles. The van der Waals surface area contributed by atoms with Crippen LogP contribution in [0.5, 0.6) is 5.75 Å². The van der Waals surface area contributed by atoms with Crippen molar-refractivity contribution in [2.24, 2.45) is 0 Å². The SMILES string of the molecule is CC1=CC(c2ccc(Cl)cc2F)Oc2c1cccc2C1CCN(Cc2nc3ccc(C(=O)O)cc3n2CC2CCO2)CC1. The van der Waals surface area contributed by atoms with Crippen LogP contribution in [0.3, 0.4) is 0 Å². The number of aromatic nitrogens is 2. The average Bonchev–Trinajstić information content (AvgIpc) is 3.31. The molecule has 1 N–H and O–H groups in total. The van der Waals surface area contributed by atoms with Crippen LogP contribution in [-0.4, -0.2) is 51.3 Å². The van der Waals surface area contributed by atoms with Gasteiger partial charge in [0.2, 0.25) is 0 Å². The fourth-order valence-electron chi connectivity index (χ4n) is 6.55. The maximum atomic E-state index is 14.8. The minimum Gasteiger partial charge on any atom is -0.481 e. The van der Waals surface area contributed by atoms with Crippen molar-refractivity contribution in [2.45, 2.75) is 57.4 Å². The molecule has 0 bridgehead atoms. The highest BCUT2D eigenvalue weighted by Gasteiger charge is 2.30. The maximum Gasteiger partial charge on any atom is 0.335 e. The molecule has 43 heavy (non-hydrogen) atoms. The molecular weight excluding hydrogens is 569 g/mol. The molecule has 7 rings (SSSR count). The van der Waals surface area contributed by atoms with E-state index < -0.39 is 12.1 Å². The van der Waals surface area contributed by atoms with E-state index in [0.29, 0.717) is 29.6 Å². The van der Waals surface area contributed by atoms with Gasteiger partial charge in [-0.15, -0.1) is 0 Å². The Morgan fingerprint density at radius 3 is 2.63 bits per heavy atom. The summed E-state index contributed by atoms with van der Waals surface area (Å²) in [5.41, 5.74) is 5.67. The Morgan fingerprint density at radius 1 is 1.09 bits per heavy atom. The number of carbonyl (C=O) groups is 1. The topological polar surface area (TPSA) is 76.8 Å². The van der Waals surface area contributed by atoms with Crippen LogP contribution in [0.25, 0.3) is 16.6 Å². The molecule has 3 aromatic carbocycles. The zero-order valence-electron chi connectivity index (χ0n) is 23.9. The van der Waals surface area contributed by atoms with Gasteiger partial charge in [-0.2, -0.15) is 0 Å². The molecule has 2 unspecified atom stereocenters. The van der Waals surface area contributed by atoms with Crippen LogP contribution in [0.15, 0.2) is 60.7 Å². The lowest BCUT2D eigenvalue weighted by Gasteiger charge is -2.35. The van der Waals surface area contributed by atoms with Gasteiger partial charge in [0.25, 0.3) is 0 Å². The highest BCUT2D eigenvalue weighted by molar-refractivity contribution is 6.30. The summed E-state index contributed by atoms with van der Waals surface area (Å²) in [4.78, 5) is 19.0. The van der Waals surface area contributed by atoms with Gasteiger partial charge >= 0.3 is 5.97 Å². The summed E-state index contributed by atoms with van der Waals surface area (Å²) in [6.45, 7) is 5.94. The predicted octanol–water partition coefficient (Wildman–Crippen LogP) is 7.23. The lowest BCUT2D eigenvalue weighted by Crippen LogP contribution is -2.35. The summed E-state index contributed by atoms with van der Waals surface area (Å²) in [6, 6.07) is 16.2. The summed E-state index contributed by atoms with van der Waals surface area (Å²) in [5.74, 6) is 0.774. The standard InChI is InChI=1S/C34H33ClFN3O4/c1-20-15-31(27-7-6-23(35)17-28(27)36)43-33-25(20)3-2-4-26(33)21-9-12-38(13-10-21)19-32-37-29-8-5-22(34(40)41)16-30(29)39(32)18-24-11-14-42-24/h2-8,15-17,21,24,31H,9-14,18-19H2,1H3,(H,40,41). The number of imidazole rings is 1. The Balaban J connectivity index is 1.10. The van der Waals surface area contributed by atoms with Gasteiger partial charge in [-0.3, -0.25) is 4.90 Å². The molecule has 4 aromatic rings. The van der Waals surface area contributed by atoms with Crippen LogP contribution >= 0.6 is 11.6 Å². The van der Waals surface area contributed by atoms with Gasteiger partial charge in [0.05, 0.1) is 35.8 Å². The number of carboxylic acids is 1. The van der Waals surface area contributed by atoms with Crippen molar-refractivity contribution < 1.29 is 23.8 Å². The van der Waals surface area contributed by atoms with Crippen molar-refractivity contribution in [1.29, 1.82) is 0 Å². The van der Waals surface area contributed by atoms with Crippen LogP contribution < -0.4 is 4.74 Å². The van der Waals surface area contributed by atoms with Crippen molar-refractivity contribution in [3.05, 3.63) is 99.6 Å². The third-order valence-electron chi connectivity index (χ3n) is 9.03. The first-order chi connectivity index (χ1) is 20.8. The number of ether oxygens (including phenoxy) is 2. The lowest BCUT2D eigenvalue weighted by atomic mass is 9.85. The van der Waals surface area contributed by atoms with E-state index in [4.69, 9.17) is 26.1 Å². The van der Waals surface area contributed by atoms with Crippen LogP contribution in [-0.2, 0) is 17.8 Å². The van der Waals surface area contributed by atoms with Crippen molar-refractivity contribution in [3.63, 3.8) is 0 Å². The zero-order valence-corrected chi connectivity index (χ0v) is 24.7. The first-order valence-electron chi connectivity index (χ1n) is 14.8. The van der Waals surface area contributed by atoms with E-state index in [1.165, 1.54) is 11.6 Å². The van der Waals surface area contributed by atoms with Gasteiger partial charge in [-0.1, -0.05) is 35.9 Å². The smallest absolute Gasteiger partial charge is 0.335 e. The number of benzene rings is 3. The largest absolute Gasteiger partial charge is 0.481 e. The monoisotopic (exact) mass is 601 g/mol. The third-order valence-corrected chi connectivity index (χ3v) is 9.27. The van der Waals surface area contributed by atoms with E-state index in [0.717, 1.165) is 72.7 Å². The molecule has 0 radical (unpaired) electrons. The number of piperidine rings is 1. The third kappa shape index (κ3) is 5.44. The Morgan fingerprint density at radius 2 is 1.91 bits per heavy atom. The molecule has 9 heteroatoms. The maximum absolute atomic E-state index is 14.8. The van der Waals surface area contributed by atoms with Crippen LogP contribution in [0.1, 0.15) is 71.1 Å². The zero-order chi connectivity index (χ0) is 29.7. The summed E-state index contributed by atoms with van der Waals surface area (Å²) >= 11 is 6.00. The molecule has 3 aliphatic rings. The number of likely N-dealkylation sites (tertiary alicyclic amines) is 1. The van der Waals surface area contributed by atoms with E-state index in [1.54, 1.807) is 30.3 Å². The quantitative estimate of drug-likeness (QED) is 0.241. The molecule has 3 aliphatic heterocycles. The van der Waals surface area contributed by atoms with E-state index >= 15 is 0 Å². The fraction of sp³-hybridized carbons (Fsp3) is 0.353. The van der Waals surface area contributed by atoms with Gasteiger partial charge in [0.1, 0.15) is 23.5 Å². The number of hydrogen-bond acceptors (Lipinski definition) is 5. The summed E-state index contributed by atoms with van der Waals surface area (Å²) in [5, 5.41) is 9.91. The van der Waals surface area contributed by atoms with Gasteiger partial charge < -0.3 is 19.1 Å². The number of rotatable bonds is 7. The van der Waals surface area contributed by atoms with E-state index in [9.17, 15) is 14.3 Å². The van der Waals surface area contributed by atoms with Gasteiger partial charge in [0, 0.05) is 22.8 Å². The number of fused-ring (bicyclic) bond motifs is 2. The molecule has 0 aliphatic carbocycles. The number of para-hydroxylation sites is 1. The molecule has 2 fully saturated rings. The fourth-order valence-corrected chi connectivity index (χ4v) is 6.70. The number of carboxylic acid groups (broad SMARTS) is 1. The predicted molar refractivity (Wildman–Crippen MR) is 163 cm³/mol. The molecule has 2 atom stereocenters. The molecule has 222 valence electrons. The van der Waals surface area contributed by atoms with Crippen molar-refractivity contribution >= 4 is 34.2 Å². The highest BCUT2D eigenvalue weighted by Crippen LogP contribution is 2.44. The lowest BCUT2D eigenvalue weighted by molar-refractivity contribution is -0.0592. The van der Waals surface area contributed by atoms with E-state index in [-0.39, 0.29) is 17.5 Å². The van der Waals surface area contributed by atoms with Crippen LogP contribution in [0, 0.1) is 5.82 Å². The average molecular weight is 602 g/mol. The van der Waals surface area contributed by atoms with Crippen LogP contribution in [0.2, 0.25) is 5.02 Å². The first-order valence-corrected chi connectivity index (χ1v) is 15.2. The molecule has 2 saturated heterocycles. The minimum atomic E-state index is -0.944. The highest BCUT2D eigenvalue weighted by atomic mass is 35.5. The van der Waals surface area contributed by atoms with Gasteiger partial charge in [0.15, 0.2) is 0 Å². The number of aromatic carboxylic acids is 1. The van der Waals surface area contributed by atoms with E-state index in [2.05, 4.69) is 34.6 Å². The molecule has 1 aromatic heterocycles. The summed E-state index contributed by atoms with van der Waals surface area (Å²) < 4.78 is 29.2. The first kappa shape index (κ1) is 28.1. The second kappa shape index (κ2) is 11.4. The Hall–Kier alpha value is -3.72. The molecule has 4 heterocycles. The minimum absolute atomic E-state index is 0.127. The Kier molecular flexibility index (Phi) is 7.45. The summed E-state index contributed by atoms with van der Waals surface area (Å²) in [6.07, 6.45) is 4.49. The van der Waals surface area contributed by atoms with Crippen LogP contribution in [0.4, 0.5) is 4.39 Å². The molecule has 0 amide bonds. The van der Waals surface area contributed by atoms with Crippen molar-refractivity contribution in [3.8, 4) is 5.75 Å². The van der Waals surface area contributed by atoms with Gasteiger partial charge in [-0.25, -0.2) is 14.2 Å². The second-order valence-corrected chi connectivity index (χ2v) is 12.2. The Labute approximate surface area is 254 Å². The van der Waals surface area contributed by atoms with Gasteiger partial charge in [-0.05, 0) is 92.7 Å². The number of hydrogen-bond donors (Lipinski definition) is 1. The number of allylic oxidation sites excluding steroid dienone is 1. The van der Waals surface area contributed by atoms with Crippen molar-refractivity contribution in [2.75, 3.05) is 19.7 Å². The Bertz CT molecular complexity index is 1740. The molecular formula is C34H33ClFN3O4. The summed E-state index contributed by atoms with van der Waals surface area (Å²) in [7, 11) is 0.